The molecule has 0 aromatic rings. The zero-order valence-electron chi connectivity index (χ0n) is 11.0. The Morgan fingerprint density at radius 3 is 1.87 bits per heavy atom. The Morgan fingerprint density at radius 2 is 1.60 bits per heavy atom. The summed E-state index contributed by atoms with van der Waals surface area (Å²) in [5, 5.41) is 3.22. The molecule has 1 amide bonds. The summed E-state index contributed by atoms with van der Waals surface area (Å²) >= 11 is 0. The first kappa shape index (κ1) is 12.5. The van der Waals surface area contributed by atoms with Gasteiger partial charge in [0.1, 0.15) is 0 Å². The van der Waals surface area contributed by atoms with Crippen LogP contribution in [0, 0.1) is 16.7 Å². The fourth-order valence-corrected chi connectivity index (χ4v) is 1.83. The molecule has 0 spiro atoms. The Labute approximate surface area is 93.8 Å². The van der Waals surface area contributed by atoms with Gasteiger partial charge in [0.05, 0.1) is 0 Å². The fourth-order valence-electron chi connectivity index (χ4n) is 1.83. The summed E-state index contributed by atoms with van der Waals surface area (Å²) in [5.41, 5.74) is -0.111. The van der Waals surface area contributed by atoms with Gasteiger partial charge in [-0.25, -0.2) is 0 Å². The molecule has 1 fully saturated rings. The van der Waals surface area contributed by atoms with E-state index >= 15 is 0 Å². The van der Waals surface area contributed by atoms with Crippen LogP contribution < -0.4 is 5.32 Å². The lowest BCUT2D eigenvalue weighted by molar-refractivity contribution is -0.130. The number of nitrogens with one attached hydrogen (secondary N) is 1. The molecule has 0 aliphatic heterocycles. The Bertz CT molecular complexity index is 240. The quantitative estimate of drug-likeness (QED) is 0.747. The molecule has 0 saturated heterocycles. The second-order valence-corrected chi connectivity index (χ2v) is 6.90. The van der Waals surface area contributed by atoms with E-state index in [0.29, 0.717) is 12.0 Å². The zero-order chi connectivity index (χ0) is 11.9. The molecule has 15 heavy (non-hydrogen) atoms. The summed E-state index contributed by atoms with van der Waals surface area (Å²) in [4.78, 5) is 11.9. The van der Waals surface area contributed by atoms with E-state index in [1.165, 1.54) is 12.8 Å². The first-order valence-electron chi connectivity index (χ1n) is 5.93. The van der Waals surface area contributed by atoms with Crippen molar-refractivity contribution >= 4 is 5.91 Å². The Kier molecular flexibility index (Phi) is 3.18. The van der Waals surface area contributed by atoms with Gasteiger partial charge in [0, 0.05) is 11.5 Å². The van der Waals surface area contributed by atoms with Gasteiger partial charge in [-0.05, 0) is 24.2 Å². The minimum atomic E-state index is -0.279. The van der Waals surface area contributed by atoms with Gasteiger partial charge >= 0.3 is 0 Å². The Balaban J connectivity index is 2.64. The lowest BCUT2D eigenvalue weighted by atomic mass is 9.82. The summed E-state index contributed by atoms with van der Waals surface area (Å²) in [6.45, 7) is 12.5. The van der Waals surface area contributed by atoms with Crippen LogP contribution in [-0.4, -0.2) is 11.9 Å². The molecule has 1 rings (SSSR count). The zero-order valence-corrected chi connectivity index (χ0v) is 11.0. The van der Waals surface area contributed by atoms with Crippen LogP contribution in [-0.2, 0) is 4.79 Å². The number of carbonyl (C=O) groups excluding carboxylic acids is 1. The third-order valence-corrected chi connectivity index (χ3v) is 2.99. The maximum Gasteiger partial charge on any atom is 0.225 e. The largest absolute Gasteiger partial charge is 0.352 e. The Hall–Kier alpha value is -0.530. The van der Waals surface area contributed by atoms with Crippen LogP contribution in [0.4, 0.5) is 0 Å². The highest BCUT2D eigenvalue weighted by atomic mass is 16.2. The molecule has 2 nitrogen and oxygen atoms in total. The summed E-state index contributed by atoms with van der Waals surface area (Å²) in [7, 11) is 0. The maximum atomic E-state index is 11.9. The van der Waals surface area contributed by atoms with E-state index < -0.39 is 0 Å². The SMILES string of the molecule is CC(C)(C)C(=O)NC(C1CC1)C(C)(C)C. The van der Waals surface area contributed by atoms with Gasteiger partial charge in [0.2, 0.25) is 5.91 Å². The highest BCUT2D eigenvalue weighted by Gasteiger charge is 2.40. The van der Waals surface area contributed by atoms with Gasteiger partial charge in [-0.2, -0.15) is 0 Å². The standard InChI is InChI=1S/C13H25NO/c1-12(2,3)10(9-7-8-9)14-11(15)13(4,5)6/h9-10H,7-8H2,1-6H3,(H,14,15). The van der Waals surface area contributed by atoms with Crippen molar-refractivity contribution in [2.24, 2.45) is 16.7 Å². The molecule has 0 radical (unpaired) electrons. The second kappa shape index (κ2) is 3.80. The molecule has 0 aromatic carbocycles. The van der Waals surface area contributed by atoms with Crippen LogP contribution in [0.15, 0.2) is 0 Å². The van der Waals surface area contributed by atoms with E-state index in [2.05, 4.69) is 26.1 Å². The van der Waals surface area contributed by atoms with Crippen LogP contribution in [0.3, 0.4) is 0 Å². The van der Waals surface area contributed by atoms with E-state index in [9.17, 15) is 4.79 Å². The minimum absolute atomic E-state index is 0.169. The monoisotopic (exact) mass is 211 g/mol. The number of hydrogen-bond donors (Lipinski definition) is 1. The van der Waals surface area contributed by atoms with Crippen LogP contribution in [0.25, 0.3) is 0 Å². The van der Waals surface area contributed by atoms with Crippen LogP contribution in [0.2, 0.25) is 0 Å². The molecule has 2 heteroatoms. The normalized spacial score (nSPS) is 19.9. The molecule has 88 valence electrons. The topological polar surface area (TPSA) is 29.1 Å². The van der Waals surface area contributed by atoms with Crippen molar-refractivity contribution < 1.29 is 4.79 Å². The van der Waals surface area contributed by atoms with Gasteiger partial charge in [-0.1, -0.05) is 41.5 Å². The Morgan fingerprint density at radius 1 is 1.13 bits per heavy atom. The van der Waals surface area contributed by atoms with Gasteiger partial charge in [0.25, 0.3) is 0 Å². The van der Waals surface area contributed by atoms with Gasteiger partial charge in [-0.15, -0.1) is 0 Å². The summed E-state index contributed by atoms with van der Waals surface area (Å²) in [6.07, 6.45) is 2.54. The van der Waals surface area contributed by atoms with Gasteiger partial charge in [0.15, 0.2) is 0 Å². The molecule has 1 aliphatic carbocycles. The molecule has 0 bridgehead atoms. The van der Waals surface area contributed by atoms with Crippen molar-refractivity contribution in [3.8, 4) is 0 Å². The number of carbonyl (C=O) groups is 1. The molecule has 1 aliphatic rings. The maximum absolute atomic E-state index is 11.9. The van der Waals surface area contributed by atoms with E-state index in [0.717, 1.165) is 0 Å². The van der Waals surface area contributed by atoms with E-state index in [1.54, 1.807) is 0 Å². The summed E-state index contributed by atoms with van der Waals surface area (Å²) < 4.78 is 0. The lowest BCUT2D eigenvalue weighted by Crippen LogP contribution is -2.49. The molecule has 1 N–H and O–H groups in total. The van der Waals surface area contributed by atoms with Gasteiger partial charge < -0.3 is 5.32 Å². The van der Waals surface area contributed by atoms with E-state index in [1.807, 2.05) is 20.8 Å². The molecular weight excluding hydrogens is 186 g/mol. The second-order valence-electron chi connectivity index (χ2n) is 6.90. The lowest BCUT2D eigenvalue weighted by Gasteiger charge is -2.34. The minimum Gasteiger partial charge on any atom is -0.352 e. The third kappa shape index (κ3) is 3.51. The van der Waals surface area contributed by atoms with E-state index in [-0.39, 0.29) is 16.7 Å². The highest BCUT2D eigenvalue weighted by Crippen LogP contribution is 2.40. The van der Waals surface area contributed by atoms with Crippen molar-refractivity contribution in [3.05, 3.63) is 0 Å². The van der Waals surface area contributed by atoms with E-state index in [4.69, 9.17) is 0 Å². The van der Waals surface area contributed by atoms with Crippen molar-refractivity contribution in [1.82, 2.24) is 5.32 Å². The summed E-state index contributed by atoms with van der Waals surface area (Å²) in [5.74, 6) is 0.880. The number of hydrogen-bond acceptors (Lipinski definition) is 1. The van der Waals surface area contributed by atoms with Crippen LogP contribution >= 0.6 is 0 Å². The first-order valence-corrected chi connectivity index (χ1v) is 5.93. The number of amides is 1. The third-order valence-electron chi connectivity index (χ3n) is 2.99. The van der Waals surface area contributed by atoms with Gasteiger partial charge in [-0.3, -0.25) is 4.79 Å². The van der Waals surface area contributed by atoms with Crippen LogP contribution in [0.5, 0.6) is 0 Å². The van der Waals surface area contributed by atoms with Crippen LogP contribution in [0.1, 0.15) is 54.4 Å². The highest BCUT2D eigenvalue weighted by molar-refractivity contribution is 5.81. The molecule has 1 unspecified atom stereocenters. The van der Waals surface area contributed by atoms with Crippen molar-refractivity contribution in [1.29, 1.82) is 0 Å². The number of rotatable bonds is 2. The molecule has 1 saturated carbocycles. The molecule has 0 heterocycles. The predicted molar refractivity (Wildman–Crippen MR) is 63.6 cm³/mol. The van der Waals surface area contributed by atoms with Crippen molar-refractivity contribution in [2.45, 2.75) is 60.4 Å². The predicted octanol–water partition coefficient (Wildman–Crippen LogP) is 2.97. The smallest absolute Gasteiger partial charge is 0.225 e. The molecule has 1 atom stereocenters. The van der Waals surface area contributed by atoms with Crippen molar-refractivity contribution in [2.75, 3.05) is 0 Å². The average molecular weight is 211 g/mol. The molecular formula is C13H25NO. The average Bonchev–Trinajstić information content (AvgIpc) is 2.77. The summed E-state index contributed by atoms with van der Waals surface area (Å²) in [6, 6.07) is 0.337. The molecule has 0 aromatic heterocycles. The first-order chi connectivity index (χ1) is 6.62. The van der Waals surface area contributed by atoms with Crippen molar-refractivity contribution in [3.63, 3.8) is 0 Å². The fraction of sp³-hybridized carbons (Fsp3) is 0.923.